The maximum atomic E-state index is 13.4. The lowest BCUT2D eigenvalue weighted by molar-refractivity contribution is -0.171. The molecule has 3 rings (SSSR count). The number of carbonyl (C=O) groups is 3. The molecule has 4 N–H and O–H groups in total. The highest BCUT2D eigenvalue weighted by Gasteiger charge is 2.49. The minimum atomic E-state index is -5.25. The third-order valence-electron chi connectivity index (χ3n) is 5.38. The molecule has 11 heteroatoms. The number of amides is 2. The summed E-state index contributed by atoms with van der Waals surface area (Å²) in [6.07, 6.45) is -6.75. The summed E-state index contributed by atoms with van der Waals surface area (Å²) < 4.78 is 45.2. The minimum absolute atomic E-state index is 0.282. The quantitative estimate of drug-likeness (QED) is 0.497. The Morgan fingerprint density at radius 3 is 2.00 bits per heavy atom. The maximum Gasteiger partial charge on any atom is 0.417 e. The molecule has 0 fully saturated rings. The van der Waals surface area contributed by atoms with Crippen LogP contribution >= 0.6 is 0 Å². The highest BCUT2D eigenvalue weighted by atomic mass is 19.4. The van der Waals surface area contributed by atoms with Crippen LogP contribution in [0.4, 0.5) is 18.0 Å². The number of halogens is 3. The van der Waals surface area contributed by atoms with Crippen molar-refractivity contribution in [2.24, 2.45) is 0 Å². The Morgan fingerprint density at radius 2 is 1.55 bits per heavy atom. The molecule has 0 radical (unpaired) electrons. The lowest BCUT2D eigenvalue weighted by Gasteiger charge is -2.28. The van der Waals surface area contributed by atoms with Crippen LogP contribution in [0.2, 0.25) is 0 Å². The Bertz CT molecular complexity index is 1030. The monoisotopic (exact) mass is 466 g/mol. The summed E-state index contributed by atoms with van der Waals surface area (Å²) in [5.41, 5.74) is 1.16. The largest absolute Gasteiger partial charge is 0.479 e. The van der Waals surface area contributed by atoms with Crippen LogP contribution < -0.4 is 10.6 Å². The Balaban J connectivity index is 1.72. The van der Waals surface area contributed by atoms with Gasteiger partial charge in [-0.2, -0.15) is 13.2 Å². The molecule has 2 atom stereocenters. The van der Waals surface area contributed by atoms with Gasteiger partial charge in [0.2, 0.25) is 6.04 Å². The summed E-state index contributed by atoms with van der Waals surface area (Å²) in [6, 6.07) is 11.6. The van der Waals surface area contributed by atoms with E-state index in [4.69, 9.17) is 14.9 Å². The van der Waals surface area contributed by atoms with Gasteiger partial charge in [0, 0.05) is 5.92 Å². The Kier molecular flexibility index (Phi) is 6.63. The zero-order chi connectivity index (χ0) is 24.4. The fraction of sp³-hybridized carbons (Fsp3) is 0.318. The first-order valence-corrected chi connectivity index (χ1v) is 9.82. The van der Waals surface area contributed by atoms with E-state index in [1.165, 1.54) is 5.32 Å². The van der Waals surface area contributed by atoms with Gasteiger partial charge in [-0.15, -0.1) is 0 Å². The fourth-order valence-electron chi connectivity index (χ4n) is 3.56. The number of carboxylic acid groups (broad SMARTS) is 1. The van der Waals surface area contributed by atoms with E-state index < -0.39 is 48.3 Å². The summed E-state index contributed by atoms with van der Waals surface area (Å²) in [4.78, 5) is 35.5. The molecule has 2 aromatic rings. The van der Waals surface area contributed by atoms with Crippen molar-refractivity contribution in [3.8, 4) is 11.1 Å². The number of benzene rings is 2. The van der Waals surface area contributed by atoms with Crippen molar-refractivity contribution in [3.63, 3.8) is 0 Å². The number of hydrogen-bond donors (Lipinski definition) is 4. The molecule has 1 aliphatic carbocycles. The van der Waals surface area contributed by atoms with Crippen LogP contribution in [0.25, 0.3) is 11.1 Å². The van der Waals surface area contributed by atoms with Gasteiger partial charge in [-0.25, -0.2) is 9.59 Å². The van der Waals surface area contributed by atoms with Crippen LogP contribution in [0.1, 0.15) is 24.0 Å². The summed E-state index contributed by atoms with van der Waals surface area (Å²) >= 11 is 0. The van der Waals surface area contributed by atoms with E-state index in [1.807, 2.05) is 36.4 Å². The average molecular weight is 466 g/mol. The number of ether oxygens (including phenoxy) is 1. The van der Waals surface area contributed by atoms with E-state index in [0.717, 1.165) is 29.2 Å². The number of carbonyl (C=O) groups excluding carboxylic acids is 2. The standard InChI is InChI=1S/C22H21F3N2O6/c1-21(11-28,19(30)31)27-18(29)17(22(23,24)25)26-20(32)33-10-16-14-8-4-2-6-12(14)13-7-3-5-9-15(13)16/h2-9,16-17,28H,10-11H2,1H3,(H,26,32)(H,27,29)(H,30,31). The molecule has 2 amide bonds. The van der Waals surface area contributed by atoms with Gasteiger partial charge in [-0.1, -0.05) is 48.5 Å². The molecule has 176 valence electrons. The molecule has 0 spiro atoms. The van der Waals surface area contributed by atoms with Gasteiger partial charge in [0.25, 0.3) is 5.91 Å². The number of rotatable bonds is 7. The number of carboxylic acids is 1. The van der Waals surface area contributed by atoms with E-state index >= 15 is 0 Å². The molecular weight excluding hydrogens is 445 g/mol. The van der Waals surface area contributed by atoms with Gasteiger partial charge >= 0.3 is 18.2 Å². The van der Waals surface area contributed by atoms with Crippen LogP contribution in [0, 0.1) is 0 Å². The number of alkyl carbamates (subject to hydrolysis) is 1. The van der Waals surface area contributed by atoms with E-state index in [-0.39, 0.29) is 6.61 Å². The predicted octanol–water partition coefficient (Wildman–Crippen LogP) is 2.41. The van der Waals surface area contributed by atoms with Crippen molar-refractivity contribution < 1.29 is 42.5 Å². The smallest absolute Gasteiger partial charge is 0.417 e. The van der Waals surface area contributed by atoms with Gasteiger partial charge in [-0.3, -0.25) is 4.79 Å². The van der Waals surface area contributed by atoms with Crippen LogP contribution in [-0.4, -0.2) is 59.2 Å². The number of hydrogen-bond acceptors (Lipinski definition) is 5. The number of aliphatic hydroxyl groups excluding tert-OH is 1. The molecule has 0 bridgehead atoms. The number of alkyl halides is 3. The molecule has 0 saturated carbocycles. The van der Waals surface area contributed by atoms with Crippen molar-refractivity contribution in [2.75, 3.05) is 13.2 Å². The first-order chi connectivity index (χ1) is 15.5. The van der Waals surface area contributed by atoms with Crippen molar-refractivity contribution in [2.45, 2.75) is 30.6 Å². The predicted molar refractivity (Wildman–Crippen MR) is 109 cm³/mol. The van der Waals surface area contributed by atoms with Crippen molar-refractivity contribution in [3.05, 3.63) is 59.7 Å². The Hall–Kier alpha value is -3.60. The van der Waals surface area contributed by atoms with Gasteiger partial charge in [0.05, 0.1) is 6.61 Å². The SMILES string of the molecule is CC(CO)(NC(=O)C(NC(=O)OCC1c2ccccc2-c2ccccc21)C(F)(F)F)C(=O)O. The van der Waals surface area contributed by atoms with E-state index in [1.54, 1.807) is 17.4 Å². The minimum Gasteiger partial charge on any atom is -0.479 e. The second-order valence-electron chi connectivity index (χ2n) is 7.73. The molecule has 0 saturated heterocycles. The topological polar surface area (TPSA) is 125 Å². The number of aliphatic carboxylic acids is 1. The molecule has 2 aromatic carbocycles. The van der Waals surface area contributed by atoms with E-state index in [9.17, 15) is 27.6 Å². The highest BCUT2D eigenvalue weighted by molar-refractivity contribution is 5.91. The van der Waals surface area contributed by atoms with Crippen LogP contribution in [0.5, 0.6) is 0 Å². The summed E-state index contributed by atoms with van der Waals surface area (Å²) in [7, 11) is 0. The van der Waals surface area contributed by atoms with E-state index in [2.05, 4.69) is 0 Å². The first-order valence-electron chi connectivity index (χ1n) is 9.82. The molecule has 0 aromatic heterocycles. The molecule has 33 heavy (non-hydrogen) atoms. The summed E-state index contributed by atoms with van der Waals surface area (Å²) in [6.45, 7) is -0.618. The number of nitrogens with one attached hydrogen (secondary N) is 2. The second-order valence-corrected chi connectivity index (χ2v) is 7.73. The molecule has 2 unspecified atom stereocenters. The lowest BCUT2D eigenvalue weighted by atomic mass is 9.98. The summed E-state index contributed by atoms with van der Waals surface area (Å²) in [5.74, 6) is -4.01. The second kappa shape index (κ2) is 9.10. The summed E-state index contributed by atoms with van der Waals surface area (Å²) in [5, 5.41) is 21.2. The lowest BCUT2D eigenvalue weighted by Crippen LogP contribution is -2.63. The van der Waals surface area contributed by atoms with E-state index in [0.29, 0.717) is 0 Å². The third-order valence-corrected chi connectivity index (χ3v) is 5.38. The van der Waals surface area contributed by atoms with Crippen molar-refractivity contribution in [1.82, 2.24) is 10.6 Å². The molecule has 8 nitrogen and oxygen atoms in total. The molecule has 1 aliphatic rings. The Labute approximate surface area is 186 Å². The van der Waals surface area contributed by atoms with Gasteiger partial charge in [-0.05, 0) is 29.2 Å². The third kappa shape index (κ3) is 4.92. The van der Waals surface area contributed by atoms with Crippen LogP contribution in [-0.2, 0) is 14.3 Å². The normalized spacial score (nSPS) is 15.5. The molecule has 0 heterocycles. The molecule has 0 aliphatic heterocycles. The highest BCUT2D eigenvalue weighted by Crippen LogP contribution is 2.44. The van der Waals surface area contributed by atoms with Gasteiger partial charge in [0.15, 0.2) is 5.54 Å². The average Bonchev–Trinajstić information content (AvgIpc) is 3.08. The maximum absolute atomic E-state index is 13.4. The van der Waals surface area contributed by atoms with Gasteiger partial charge < -0.3 is 25.6 Å². The van der Waals surface area contributed by atoms with Crippen LogP contribution in [0.15, 0.2) is 48.5 Å². The van der Waals surface area contributed by atoms with Gasteiger partial charge in [0.1, 0.15) is 6.61 Å². The zero-order valence-electron chi connectivity index (χ0n) is 17.3. The molecular formula is C22H21F3N2O6. The van der Waals surface area contributed by atoms with Crippen LogP contribution in [0.3, 0.4) is 0 Å². The first kappa shape index (κ1) is 24.1. The Morgan fingerprint density at radius 1 is 1.03 bits per heavy atom. The van der Waals surface area contributed by atoms with Crippen molar-refractivity contribution in [1.29, 1.82) is 0 Å². The van der Waals surface area contributed by atoms with Crippen molar-refractivity contribution >= 4 is 18.0 Å². The zero-order valence-corrected chi connectivity index (χ0v) is 17.3. The fourth-order valence-corrected chi connectivity index (χ4v) is 3.56. The number of fused-ring (bicyclic) bond motifs is 3. The number of aliphatic hydroxyl groups is 1.